The van der Waals surface area contributed by atoms with E-state index in [0.29, 0.717) is 6.29 Å². The zero-order valence-corrected chi connectivity index (χ0v) is 10.2. The summed E-state index contributed by atoms with van der Waals surface area (Å²) in [5.41, 5.74) is 0.00779. The third-order valence-electron chi connectivity index (χ3n) is 2.62. The van der Waals surface area contributed by atoms with Gasteiger partial charge < -0.3 is 0 Å². The number of hydrogen-bond donors (Lipinski definition) is 0. The van der Waals surface area contributed by atoms with Gasteiger partial charge in [-0.1, -0.05) is 29.8 Å². The molecule has 0 saturated heterocycles. The van der Waals surface area contributed by atoms with E-state index in [0.717, 1.165) is 6.07 Å². The van der Waals surface area contributed by atoms with E-state index in [1.54, 1.807) is 6.07 Å². The minimum Gasteiger partial charge on any atom is -0.298 e. The second-order valence-electron chi connectivity index (χ2n) is 3.75. The number of nitro benzene ring substituents is 1. The van der Waals surface area contributed by atoms with Crippen LogP contribution in [0.3, 0.4) is 0 Å². The van der Waals surface area contributed by atoms with E-state index in [9.17, 15) is 19.3 Å². The molecule has 0 bridgehead atoms. The number of carbonyl (C=O) groups excluding carboxylic acids is 1. The van der Waals surface area contributed by atoms with Gasteiger partial charge in [0, 0.05) is 11.6 Å². The van der Waals surface area contributed by atoms with Crippen LogP contribution in [0.15, 0.2) is 36.4 Å². The highest BCUT2D eigenvalue weighted by molar-refractivity contribution is 6.31. The summed E-state index contributed by atoms with van der Waals surface area (Å²) in [4.78, 5) is 20.9. The quantitative estimate of drug-likeness (QED) is 0.487. The molecule has 96 valence electrons. The summed E-state index contributed by atoms with van der Waals surface area (Å²) in [5, 5.41) is 10.8. The number of hydrogen-bond acceptors (Lipinski definition) is 3. The van der Waals surface area contributed by atoms with E-state index in [4.69, 9.17) is 11.6 Å². The summed E-state index contributed by atoms with van der Waals surface area (Å²) in [5.74, 6) is -0.655. The molecule has 0 N–H and O–H groups in total. The lowest BCUT2D eigenvalue weighted by Crippen LogP contribution is -1.95. The second kappa shape index (κ2) is 5.16. The summed E-state index contributed by atoms with van der Waals surface area (Å²) in [7, 11) is 0. The summed E-state index contributed by atoms with van der Waals surface area (Å²) in [6.45, 7) is 0. The maximum atomic E-state index is 13.8. The zero-order valence-electron chi connectivity index (χ0n) is 9.47. The van der Waals surface area contributed by atoms with Crippen LogP contribution in [0.1, 0.15) is 10.4 Å². The standard InChI is InChI=1S/C13H7ClFNO3/c14-11-3-1-2-10(13(11)15)8-4-5-9(7-17)12(6-8)16(18)19/h1-7H. The van der Waals surface area contributed by atoms with Crippen molar-refractivity contribution < 1.29 is 14.1 Å². The fourth-order valence-corrected chi connectivity index (χ4v) is 1.87. The van der Waals surface area contributed by atoms with Gasteiger partial charge in [-0.15, -0.1) is 0 Å². The van der Waals surface area contributed by atoms with Crippen LogP contribution in [0.2, 0.25) is 5.02 Å². The lowest BCUT2D eigenvalue weighted by Gasteiger charge is -2.05. The molecule has 2 aromatic carbocycles. The maximum absolute atomic E-state index is 13.8. The van der Waals surface area contributed by atoms with Crippen molar-refractivity contribution >= 4 is 23.6 Å². The van der Waals surface area contributed by atoms with Crippen molar-refractivity contribution in [1.82, 2.24) is 0 Å². The summed E-state index contributed by atoms with van der Waals surface area (Å²) in [6.07, 6.45) is 0.385. The average Bonchev–Trinajstić information content (AvgIpc) is 2.41. The topological polar surface area (TPSA) is 60.2 Å². The Kier molecular flexibility index (Phi) is 3.57. The Balaban J connectivity index is 2.64. The number of halogens is 2. The fourth-order valence-electron chi connectivity index (χ4n) is 1.70. The van der Waals surface area contributed by atoms with Crippen LogP contribution in [0.5, 0.6) is 0 Å². The van der Waals surface area contributed by atoms with Gasteiger partial charge in [-0.2, -0.15) is 0 Å². The monoisotopic (exact) mass is 279 g/mol. The molecular weight excluding hydrogens is 273 g/mol. The Morgan fingerprint density at radius 3 is 2.63 bits per heavy atom. The van der Waals surface area contributed by atoms with Crippen molar-refractivity contribution in [3.05, 3.63) is 62.9 Å². The van der Waals surface area contributed by atoms with Crippen molar-refractivity contribution in [3.8, 4) is 11.1 Å². The molecule has 0 heterocycles. The van der Waals surface area contributed by atoms with Gasteiger partial charge in [0.05, 0.1) is 15.5 Å². The third-order valence-corrected chi connectivity index (χ3v) is 2.91. The molecule has 2 rings (SSSR count). The van der Waals surface area contributed by atoms with Gasteiger partial charge in [-0.3, -0.25) is 14.9 Å². The van der Waals surface area contributed by atoms with Crippen molar-refractivity contribution in [2.45, 2.75) is 0 Å². The molecule has 0 atom stereocenters. The van der Waals surface area contributed by atoms with Gasteiger partial charge in [0.25, 0.3) is 5.69 Å². The Morgan fingerprint density at radius 1 is 1.26 bits per heavy atom. The first-order valence-electron chi connectivity index (χ1n) is 5.22. The van der Waals surface area contributed by atoms with Gasteiger partial charge in [0.1, 0.15) is 5.82 Å². The Labute approximate surface area is 112 Å². The second-order valence-corrected chi connectivity index (χ2v) is 4.16. The van der Waals surface area contributed by atoms with Crippen LogP contribution >= 0.6 is 11.6 Å². The summed E-state index contributed by atoms with van der Waals surface area (Å²) >= 11 is 5.66. The number of benzene rings is 2. The molecule has 0 saturated carbocycles. The zero-order chi connectivity index (χ0) is 14.0. The van der Waals surface area contributed by atoms with Gasteiger partial charge in [0.15, 0.2) is 6.29 Å². The molecule has 6 heteroatoms. The van der Waals surface area contributed by atoms with Crippen LogP contribution in [0.25, 0.3) is 11.1 Å². The van der Waals surface area contributed by atoms with Crippen LogP contribution in [-0.2, 0) is 0 Å². The first-order chi connectivity index (χ1) is 9.04. The van der Waals surface area contributed by atoms with E-state index in [1.807, 2.05) is 0 Å². The molecule has 0 aliphatic rings. The lowest BCUT2D eigenvalue weighted by molar-refractivity contribution is -0.385. The highest BCUT2D eigenvalue weighted by Crippen LogP contribution is 2.30. The first-order valence-corrected chi connectivity index (χ1v) is 5.60. The molecular formula is C13H7ClFNO3. The molecule has 0 unspecified atom stereocenters. The summed E-state index contributed by atoms with van der Waals surface area (Å²) in [6, 6.07) is 8.25. The molecule has 19 heavy (non-hydrogen) atoms. The fraction of sp³-hybridized carbons (Fsp3) is 0. The molecule has 4 nitrogen and oxygen atoms in total. The molecule has 2 aromatic rings. The molecule has 0 radical (unpaired) electrons. The van der Waals surface area contributed by atoms with E-state index in [2.05, 4.69) is 0 Å². The normalized spacial score (nSPS) is 10.2. The molecule has 0 aliphatic heterocycles. The van der Waals surface area contributed by atoms with Gasteiger partial charge in [-0.25, -0.2) is 4.39 Å². The van der Waals surface area contributed by atoms with E-state index in [1.165, 1.54) is 24.3 Å². The molecule has 0 fully saturated rings. The van der Waals surface area contributed by atoms with E-state index in [-0.39, 0.29) is 27.4 Å². The number of carbonyl (C=O) groups is 1. The smallest absolute Gasteiger partial charge is 0.280 e. The van der Waals surface area contributed by atoms with E-state index < -0.39 is 10.7 Å². The van der Waals surface area contributed by atoms with Crippen LogP contribution in [0, 0.1) is 15.9 Å². The van der Waals surface area contributed by atoms with Crippen molar-refractivity contribution in [3.63, 3.8) is 0 Å². The van der Waals surface area contributed by atoms with Crippen molar-refractivity contribution in [1.29, 1.82) is 0 Å². The van der Waals surface area contributed by atoms with E-state index >= 15 is 0 Å². The minimum atomic E-state index is -0.685. The van der Waals surface area contributed by atoms with Gasteiger partial charge >= 0.3 is 0 Å². The highest BCUT2D eigenvalue weighted by Gasteiger charge is 2.16. The third kappa shape index (κ3) is 2.46. The minimum absolute atomic E-state index is 0.0591. The first kappa shape index (κ1) is 13.2. The lowest BCUT2D eigenvalue weighted by atomic mass is 10.0. The van der Waals surface area contributed by atoms with Crippen molar-refractivity contribution in [2.24, 2.45) is 0 Å². The highest BCUT2D eigenvalue weighted by atomic mass is 35.5. The largest absolute Gasteiger partial charge is 0.298 e. The predicted octanol–water partition coefficient (Wildman–Crippen LogP) is 3.87. The number of rotatable bonds is 3. The Hall–Kier alpha value is -2.27. The molecule has 0 amide bonds. The number of nitrogens with zero attached hydrogens (tertiary/aromatic N) is 1. The molecule has 0 aliphatic carbocycles. The predicted molar refractivity (Wildman–Crippen MR) is 68.9 cm³/mol. The Bertz CT molecular complexity index is 673. The van der Waals surface area contributed by atoms with Gasteiger partial charge in [-0.05, 0) is 17.7 Å². The van der Waals surface area contributed by atoms with Gasteiger partial charge in [0.2, 0.25) is 0 Å². The molecule has 0 aromatic heterocycles. The number of aldehydes is 1. The van der Waals surface area contributed by atoms with Crippen LogP contribution in [-0.4, -0.2) is 11.2 Å². The van der Waals surface area contributed by atoms with Crippen LogP contribution < -0.4 is 0 Å². The summed E-state index contributed by atoms with van der Waals surface area (Å²) < 4.78 is 13.8. The SMILES string of the molecule is O=Cc1ccc(-c2cccc(Cl)c2F)cc1[N+](=O)[O-]. The average molecular weight is 280 g/mol. The van der Waals surface area contributed by atoms with Crippen LogP contribution in [0.4, 0.5) is 10.1 Å². The Morgan fingerprint density at radius 2 is 2.00 bits per heavy atom. The van der Waals surface area contributed by atoms with Crippen molar-refractivity contribution in [2.75, 3.05) is 0 Å². The number of nitro groups is 1. The maximum Gasteiger partial charge on any atom is 0.280 e. The molecule has 0 spiro atoms.